The largest absolute Gasteiger partial charge is 0.506 e. The second-order valence-corrected chi connectivity index (χ2v) is 6.35. The molecule has 2 aromatic carbocycles. The zero-order valence-corrected chi connectivity index (χ0v) is 14.4. The molecule has 9 heteroatoms. The van der Waals surface area contributed by atoms with Crippen molar-refractivity contribution in [2.24, 2.45) is 0 Å². The van der Waals surface area contributed by atoms with E-state index < -0.39 is 11.1 Å². The quantitative estimate of drug-likeness (QED) is 0.254. The van der Waals surface area contributed by atoms with Gasteiger partial charge in [0.25, 0.3) is 0 Å². The van der Waals surface area contributed by atoms with Gasteiger partial charge in [-0.05, 0) is 35.9 Å². The van der Waals surface area contributed by atoms with Crippen molar-refractivity contribution in [1.29, 1.82) is 0 Å². The first kappa shape index (κ1) is 17.6. The van der Waals surface area contributed by atoms with Crippen molar-refractivity contribution in [3.8, 4) is 5.75 Å². The van der Waals surface area contributed by atoms with Crippen LogP contribution in [0.4, 0.5) is 28.8 Å². The van der Waals surface area contributed by atoms with E-state index in [0.717, 1.165) is 5.56 Å². The molecule has 3 aromatic rings. The van der Waals surface area contributed by atoms with E-state index in [1.165, 1.54) is 6.07 Å². The third-order valence-electron chi connectivity index (χ3n) is 3.47. The summed E-state index contributed by atoms with van der Waals surface area (Å²) in [5, 5.41) is 15.7. The molecule has 134 valence electrons. The number of hydrogen-bond acceptors (Lipinski definition) is 7. The SMILES string of the molecule is Nc1c(O)cccc1Nc1ccnc(Nc2cccc(CS(=O)O)c2)n1. The molecule has 8 nitrogen and oxygen atoms in total. The molecule has 0 saturated heterocycles. The van der Waals surface area contributed by atoms with Crippen molar-refractivity contribution < 1.29 is 13.9 Å². The van der Waals surface area contributed by atoms with Crippen molar-refractivity contribution in [3.05, 3.63) is 60.3 Å². The average Bonchev–Trinajstić information content (AvgIpc) is 2.59. The summed E-state index contributed by atoms with van der Waals surface area (Å²) in [7, 11) is 0. The highest BCUT2D eigenvalue weighted by Gasteiger charge is 2.06. The van der Waals surface area contributed by atoms with Gasteiger partial charge in [0.2, 0.25) is 5.95 Å². The van der Waals surface area contributed by atoms with Crippen LogP contribution in [0, 0.1) is 0 Å². The standard InChI is InChI=1S/C17H17N5O3S/c18-16-13(5-2-6-14(16)23)21-15-7-8-19-17(22-15)20-12-4-1-3-11(9-12)10-26(24)25/h1-9,23H,10,18H2,(H,24,25)(H2,19,20,21,22). The van der Waals surface area contributed by atoms with Crippen LogP contribution in [0.3, 0.4) is 0 Å². The summed E-state index contributed by atoms with van der Waals surface area (Å²) in [4.78, 5) is 8.50. The first-order chi connectivity index (χ1) is 12.5. The molecule has 0 spiro atoms. The maximum Gasteiger partial charge on any atom is 0.229 e. The van der Waals surface area contributed by atoms with Crippen LogP contribution < -0.4 is 16.4 Å². The van der Waals surface area contributed by atoms with Crippen LogP contribution >= 0.6 is 0 Å². The number of nitrogen functional groups attached to an aromatic ring is 1. The van der Waals surface area contributed by atoms with Crippen LogP contribution in [-0.2, 0) is 16.8 Å². The second kappa shape index (κ2) is 7.81. The highest BCUT2D eigenvalue weighted by Crippen LogP contribution is 2.30. The minimum Gasteiger partial charge on any atom is -0.506 e. The number of benzene rings is 2. The van der Waals surface area contributed by atoms with Gasteiger partial charge < -0.3 is 26.0 Å². The van der Waals surface area contributed by atoms with Gasteiger partial charge in [-0.2, -0.15) is 4.98 Å². The Morgan fingerprint density at radius 1 is 1.12 bits per heavy atom. The number of aromatic nitrogens is 2. The van der Waals surface area contributed by atoms with E-state index >= 15 is 0 Å². The first-order valence-corrected chi connectivity index (χ1v) is 8.90. The first-order valence-electron chi connectivity index (χ1n) is 7.62. The number of aromatic hydroxyl groups is 1. The van der Waals surface area contributed by atoms with Crippen molar-refractivity contribution in [2.75, 3.05) is 16.4 Å². The Hall–Kier alpha value is -3.17. The number of rotatable bonds is 6. The molecule has 0 fully saturated rings. The zero-order valence-electron chi connectivity index (χ0n) is 13.6. The smallest absolute Gasteiger partial charge is 0.229 e. The number of anilines is 5. The van der Waals surface area contributed by atoms with E-state index in [1.54, 1.807) is 48.7 Å². The number of nitrogens with zero attached hydrogens (tertiary/aromatic N) is 2. The van der Waals surface area contributed by atoms with E-state index in [-0.39, 0.29) is 17.2 Å². The molecule has 0 aliphatic rings. The number of hydrogen-bond donors (Lipinski definition) is 5. The summed E-state index contributed by atoms with van der Waals surface area (Å²) >= 11 is -1.90. The van der Waals surface area contributed by atoms with Gasteiger partial charge >= 0.3 is 0 Å². The topological polar surface area (TPSA) is 133 Å². The molecule has 26 heavy (non-hydrogen) atoms. The number of para-hydroxylation sites is 1. The molecule has 0 radical (unpaired) electrons. The third kappa shape index (κ3) is 4.47. The van der Waals surface area contributed by atoms with Gasteiger partial charge in [0, 0.05) is 11.9 Å². The van der Waals surface area contributed by atoms with Gasteiger partial charge in [-0.25, -0.2) is 9.19 Å². The number of nitrogens with two attached hydrogens (primary N) is 1. The monoisotopic (exact) mass is 371 g/mol. The lowest BCUT2D eigenvalue weighted by atomic mass is 10.2. The molecule has 3 rings (SSSR count). The molecule has 0 aliphatic heterocycles. The lowest BCUT2D eigenvalue weighted by Gasteiger charge is -2.11. The van der Waals surface area contributed by atoms with Crippen molar-refractivity contribution in [2.45, 2.75) is 5.75 Å². The number of nitrogens with one attached hydrogen (secondary N) is 2. The number of phenolic OH excluding ortho intramolecular Hbond substituents is 1. The van der Waals surface area contributed by atoms with E-state index in [9.17, 15) is 9.32 Å². The highest BCUT2D eigenvalue weighted by atomic mass is 32.2. The van der Waals surface area contributed by atoms with E-state index in [0.29, 0.717) is 23.1 Å². The summed E-state index contributed by atoms with van der Waals surface area (Å²) in [5.41, 5.74) is 8.00. The van der Waals surface area contributed by atoms with Crippen LogP contribution in [0.15, 0.2) is 54.7 Å². The highest BCUT2D eigenvalue weighted by molar-refractivity contribution is 7.78. The van der Waals surface area contributed by atoms with Crippen molar-refractivity contribution in [1.82, 2.24) is 9.97 Å². The molecular formula is C17H17N5O3S. The Kier molecular flexibility index (Phi) is 5.30. The van der Waals surface area contributed by atoms with Gasteiger partial charge in [-0.1, -0.05) is 18.2 Å². The van der Waals surface area contributed by atoms with Crippen LogP contribution in [0.1, 0.15) is 5.56 Å². The molecule has 6 N–H and O–H groups in total. The van der Waals surface area contributed by atoms with Crippen LogP contribution in [0.2, 0.25) is 0 Å². The predicted molar refractivity (Wildman–Crippen MR) is 102 cm³/mol. The molecule has 1 aromatic heterocycles. The molecular weight excluding hydrogens is 354 g/mol. The molecule has 0 bridgehead atoms. The Bertz CT molecular complexity index is 951. The lowest BCUT2D eigenvalue weighted by molar-refractivity contribution is 0.478. The average molecular weight is 371 g/mol. The van der Waals surface area contributed by atoms with Gasteiger partial charge in [0.05, 0.1) is 17.1 Å². The summed E-state index contributed by atoms with van der Waals surface area (Å²) < 4.78 is 19.9. The molecule has 0 amide bonds. The van der Waals surface area contributed by atoms with Crippen LogP contribution in [0.25, 0.3) is 0 Å². The van der Waals surface area contributed by atoms with Crippen molar-refractivity contribution in [3.63, 3.8) is 0 Å². The predicted octanol–water partition coefficient (Wildman–Crippen LogP) is 2.97. The molecule has 1 unspecified atom stereocenters. The van der Waals surface area contributed by atoms with E-state index in [1.807, 2.05) is 0 Å². The fraction of sp³-hybridized carbons (Fsp3) is 0.0588. The fourth-order valence-electron chi connectivity index (χ4n) is 2.30. The van der Waals surface area contributed by atoms with Crippen LogP contribution in [0.5, 0.6) is 5.75 Å². The summed E-state index contributed by atoms with van der Waals surface area (Å²) in [6, 6.07) is 13.7. The fourth-order valence-corrected chi connectivity index (χ4v) is 2.76. The normalized spacial score (nSPS) is 11.7. The van der Waals surface area contributed by atoms with Crippen LogP contribution in [-0.4, -0.2) is 23.8 Å². The number of phenols is 1. The summed E-state index contributed by atoms with van der Waals surface area (Å²) in [5.74, 6) is 0.873. The molecule has 0 aliphatic carbocycles. The zero-order chi connectivity index (χ0) is 18.5. The molecule has 1 heterocycles. The third-order valence-corrected chi connectivity index (χ3v) is 4.05. The Balaban J connectivity index is 1.77. The Morgan fingerprint density at radius 2 is 1.92 bits per heavy atom. The second-order valence-electron chi connectivity index (χ2n) is 5.42. The summed E-state index contributed by atoms with van der Waals surface area (Å²) in [6.45, 7) is 0. The molecule has 1 atom stereocenters. The maximum atomic E-state index is 10.9. The lowest BCUT2D eigenvalue weighted by Crippen LogP contribution is -2.02. The van der Waals surface area contributed by atoms with E-state index in [4.69, 9.17) is 10.3 Å². The Labute approximate surface area is 152 Å². The summed E-state index contributed by atoms with van der Waals surface area (Å²) in [6.07, 6.45) is 1.57. The molecule has 0 saturated carbocycles. The van der Waals surface area contributed by atoms with E-state index in [2.05, 4.69) is 20.6 Å². The maximum absolute atomic E-state index is 10.9. The minimum atomic E-state index is -1.90. The minimum absolute atomic E-state index is 0.0134. The van der Waals surface area contributed by atoms with Gasteiger partial charge in [0.15, 0.2) is 11.1 Å². The van der Waals surface area contributed by atoms with Gasteiger partial charge in [-0.15, -0.1) is 0 Å². The van der Waals surface area contributed by atoms with Gasteiger partial charge in [-0.3, -0.25) is 0 Å². The van der Waals surface area contributed by atoms with Crippen molar-refractivity contribution >= 4 is 39.9 Å². The Morgan fingerprint density at radius 3 is 2.73 bits per heavy atom. The van der Waals surface area contributed by atoms with Gasteiger partial charge in [0.1, 0.15) is 11.6 Å².